The van der Waals surface area contributed by atoms with Crippen molar-refractivity contribution in [3.05, 3.63) is 35.4 Å². The smallest absolute Gasteiger partial charge is 0.0894 e. The summed E-state index contributed by atoms with van der Waals surface area (Å²) in [7, 11) is 0. The lowest BCUT2D eigenvalue weighted by Gasteiger charge is -2.37. The fraction of sp³-hybridized carbons (Fsp3) is 0.647. The minimum Gasteiger partial charge on any atom is -0.374 e. The van der Waals surface area contributed by atoms with Gasteiger partial charge in [-0.15, -0.1) is 0 Å². The van der Waals surface area contributed by atoms with E-state index in [-0.39, 0.29) is 12.1 Å². The van der Waals surface area contributed by atoms with Gasteiger partial charge in [0.25, 0.3) is 0 Å². The lowest BCUT2D eigenvalue weighted by Crippen LogP contribution is -2.47. The van der Waals surface area contributed by atoms with Crippen LogP contribution >= 0.6 is 0 Å². The zero-order valence-corrected chi connectivity index (χ0v) is 12.4. The van der Waals surface area contributed by atoms with E-state index >= 15 is 0 Å². The van der Waals surface area contributed by atoms with E-state index in [1.54, 1.807) is 0 Å². The molecule has 1 aliphatic heterocycles. The number of hydrogen-bond donors (Lipinski definition) is 1. The molecule has 20 heavy (non-hydrogen) atoms. The quantitative estimate of drug-likeness (QED) is 0.917. The summed E-state index contributed by atoms with van der Waals surface area (Å²) >= 11 is 0. The lowest BCUT2D eigenvalue weighted by atomic mass is 9.76. The number of likely N-dealkylation sites (N-methyl/N-ethyl adjacent to an activating group) is 1. The van der Waals surface area contributed by atoms with Crippen molar-refractivity contribution in [3.8, 4) is 0 Å². The Bertz CT molecular complexity index is 444. The van der Waals surface area contributed by atoms with Gasteiger partial charge in [-0.2, -0.15) is 0 Å². The molecular formula is C17H26N2O. The minimum absolute atomic E-state index is 0.00106. The van der Waals surface area contributed by atoms with Gasteiger partial charge in [-0.05, 0) is 36.4 Å². The Kier molecular flexibility index (Phi) is 4.39. The molecule has 1 saturated carbocycles. The van der Waals surface area contributed by atoms with Gasteiger partial charge in [0, 0.05) is 13.1 Å². The number of nitrogens with zero attached hydrogens (tertiary/aromatic N) is 1. The van der Waals surface area contributed by atoms with Gasteiger partial charge in [0.1, 0.15) is 0 Å². The maximum absolute atomic E-state index is 6.55. The largest absolute Gasteiger partial charge is 0.374 e. The number of nitrogens with two attached hydrogens (primary N) is 1. The Labute approximate surface area is 122 Å². The van der Waals surface area contributed by atoms with Crippen LogP contribution in [-0.4, -0.2) is 37.2 Å². The van der Waals surface area contributed by atoms with E-state index in [9.17, 15) is 0 Å². The van der Waals surface area contributed by atoms with Crippen LogP contribution in [0.5, 0.6) is 0 Å². The molecule has 0 aromatic heterocycles. The normalized spacial score (nSPS) is 26.2. The van der Waals surface area contributed by atoms with Gasteiger partial charge in [-0.25, -0.2) is 0 Å². The van der Waals surface area contributed by atoms with Crippen LogP contribution in [0.3, 0.4) is 0 Å². The van der Waals surface area contributed by atoms with Gasteiger partial charge in [-0.3, -0.25) is 4.90 Å². The third-order valence-electron chi connectivity index (χ3n) is 4.93. The van der Waals surface area contributed by atoms with E-state index in [0.29, 0.717) is 0 Å². The van der Waals surface area contributed by atoms with Crippen LogP contribution in [0.4, 0.5) is 0 Å². The molecule has 1 saturated heterocycles. The summed E-state index contributed by atoms with van der Waals surface area (Å²) in [5.41, 5.74) is 9.32. The molecule has 0 spiro atoms. The highest BCUT2D eigenvalue weighted by Crippen LogP contribution is 2.39. The van der Waals surface area contributed by atoms with Crippen molar-refractivity contribution in [2.45, 2.75) is 44.2 Å². The standard InChI is InChI=1S/C17H26N2O/c1-2-19-10-11-20-16(12-19)17(18)15-9-4-3-8-14(15)13-6-5-7-13/h3-4,8-9,13,16-17H,2,5-7,10-12,18H2,1H3. The summed E-state index contributed by atoms with van der Waals surface area (Å²) in [6.45, 7) is 6.07. The second-order valence-corrected chi connectivity index (χ2v) is 6.08. The van der Waals surface area contributed by atoms with Crippen LogP contribution in [0.2, 0.25) is 0 Å². The molecule has 1 aliphatic carbocycles. The molecule has 3 heteroatoms. The Hall–Kier alpha value is -0.900. The molecule has 0 amide bonds. The summed E-state index contributed by atoms with van der Waals surface area (Å²) < 4.78 is 5.95. The molecule has 3 rings (SSSR count). The van der Waals surface area contributed by atoms with Crippen molar-refractivity contribution in [2.24, 2.45) is 5.73 Å². The fourth-order valence-corrected chi connectivity index (χ4v) is 3.34. The van der Waals surface area contributed by atoms with Gasteiger partial charge in [0.2, 0.25) is 0 Å². The van der Waals surface area contributed by atoms with Crippen molar-refractivity contribution in [1.29, 1.82) is 0 Å². The van der Waals surface area contributed by atoms with Gasteiger partial charge >= 0.3 is 0 Å². The topological polar surface area (TPSA) is 38.5 Å². The van der Waals surface area contributed by atoms with Crippen LogP contribution in [0.15, 0.2) is 24.3 Å². The molecule has 3 nitrogen and oxygen atoms in total. The maximum Gasteiger partial charge on any atom is 0.0894 e. The number of morpholine rings is 1. The molecule has 1 aromatic carbocycles. The molecule has 2 aliphatic rings. The molecule has 2 atom stereocenters. The Morgan fingerprint density at radius 3 is 2.85 bits per heavy atom. The second-order valence-electron chi connectivity index (χ2n) is 6.08. The van der Waals surface area contributed by atoms with E-state index in [1.165, 1.54) is 30.4 Å². The first kappa shape index (κ1) is 14.1. The molecule has 1 aromatic rings. The first-order valence-electron chi connectivity index (χ1n) is 7.98. The maximum atomic E-state index is 6.55. The van der Waals surface area contributed by atoms with Crippen molar-refractivity contribution >= 4 is 0 Å². The number of rotatable bonds is 4. The Morgan fingerprint density at radius 2 is 2.15 bits per heavy atom. The predicted octanol–water partition coefficient (Wildman–Crippen LogP) is 2.67. The highest BCUT2D eigenvalue weighted by Gasteiger charge is 2.30. The molecule has 0 radical (unpaired) electrons. The third kappa shape index (κ3) is 2.76. The first-order valence-corrected chi connectivity index (χ1v) is 7.98. The Morgan fingerprint density at radius 1 is 1.35 bits per heavy atom. The van der Waals surface area contributed by atoms with Crippen LogP contribution < -0.4 is 5.73 Å². The SMILES string of the molecule is CCN1CCOC(C(N)c2ccccc2C2CCC2)C1. The molecular weight excluding hydrogens is 248 g/mol. The van der Waals surface area contributed by atoms with E-state index in [1.807, 2.05) is 0 Å². The third-order valence-corrected chi connectivity index (χ3v) is 4.93. The monoisotopic (exact) mass is 274 g/mol. The summed E-state index contributed by atoms with van der Waals surface area (Å²) in [5.74, 6) is 0.725. The zero-order valence-electron chi connectivity index (χ0n) is 12.4. The predicted molar refractivity (Wildman–Crippen MR) is 81.8 cm³/mol. The van der Waals surface area contributed by atoms with E-state index in [0.717, 1.165) is 32.2 Å². The number of ether oxygens (including phenoxy) is 1. The van der Waals surface area contributed by atoms with Crippen LogP contribution in [0, 0.1) is 0 Å². The fourth-order valence-electron chi connectivity index (χ4n) is 3.34. The highest BCUT2D eigenvalue weighted by atomic mass is 16.5. The molecule has 2 fully saturated rings. The van der Waals surface area contributed by atoms with E-state index in [4.69, 9.17) is 10.5 Å². The summed E-state index contributed by atoms with van der Waals surface area (Å²) in [5, 5.41) is 0. The highest BCUT2D eigenvalue weighted by molar-refractivity contribution is 5.34. The molecule has 2 N–H and O–H groups in total. The van der Waals surface area contributed by atoms with Crippen molar-refractivity contribution in [1.82, 2.24) is 4.90 Å². The molecule has 110 valence electrons. The average Bonchev–Trinajstić information content (AvgIpc) is 2.45. The zero-order chi connectivity index (χ0) is 13.9. The van der Waals surface area contributed by atoms with Crippen molar-refractivity contribution in [2.75, 3.05) is 26.2 Å². The minimum atomic E-state index is 0.00106. The van der Waals surface area contributed by atoms with Gasteiger partial charge in [0.15, 0.2) is 0 Å². The van der Waals surface area contributed by atoms with Gasteiger partial charge in [-0.1, -0.05) is 37.6 Å². The second kappa shape index (κ2) is 6.25. The van der Waals surface area contributed by atoms with Crippen LogP contribution in [0.25, 0.3) is 0 Å². The molecule has 0 bridgehead atoms. The molecule has 2 unspecified atom stereocenters. The van der Waals surface area contributed by atoms with Crippen LogP contribution in [0.1, 0.15) is 49.3 Å². The van der Waals surface area contributed by atoms with E-state index < -0.39 is 0 Å². The average molecular weight is 274 g/mol. The lowest BCUT2D eigenvalue weighted by molar-refractivity contribution is -0.0394. The van der Waals surface area contributed by atoms with Gasteiger partial charge < -0.3 is 10.5 Å². The van der Waals surface area contributed by atoms with Crippen molar-refractivity contribution in [3.63, 3.8) is 0 Å². The molecule has 1 heterocycles. The number of benzene rings is 1. The number of hydrogen-bond acceptors (Lipinski definition) is 3. The summed E-state index contributed by atoms with van der Waals surface area (Å²) in [6.07, 6.45) is 4.12. The summed E-state index contributed by atoms with van der Waals surface area (Å²) in [4.78, 5) is 2.43. The Balaban J connectivity index is 1.77. The first-order chi connectivity index (χ1) is 9.79. The van der Waals surface area contributed by atoms with E-state index in [2.05, 4.69) is 36.1 Å². The van der Waals surface area contributed by atoms with Gasteiger partial charge in [0.05, 0.1) is 18.8 Å². The summed E-state index contributed by atoms with van der Waals surface area (Å²) in [6, 6.07) is 8.72. The van der Waals surface area contributed by atoms with Crippen LogP contribution in [-0.2, 0) is 4.74 Å². The van der Waals surface area contributed by atoms with Crippen molar-refractivity contribution < 1.29 is 4.74 Å².